The highest BCUT2D eigenvalue weighted by molar-refractivity contribution is 6.32. The van der Waals surface area contributed by atoms with Crippen LogP contribution in [0.15, 0.2) is 65.7 Å². The molecule has 3 aromatic rings. The van der Waals surface area contributed by atoms with Gasteiger partial charge in [-0.05, 0) is 55.3 Å². The van der Waals surface area contributed by atoms with Crippen LogP contribution in [0, 0.1) is 13.8 Å². The molecule has 6 heteroatoms. The minimum absolute atomic E-state index is 0.193. The third-order valence-electron chi connectivity index (χ3n) is 4.36. The molecule has 0 fully saturated rings. The molecule has 0 spiro atoms. The molecule has 0 radical (unpaired) electrons. The Bertz CT molecular complexity index is 1070. The van der Waals surface area contributed by atoms with Gasteiger partial charge in [0.2, 0.25) is 0 Å². The lowest BCUT2D eigenvalue weighted by atomic mass is 10.1. The maximum absolute atomic E-state index is 12.1. The second-order valence-corrected chi connectivity index (χ2v) is 7.19. The topological polar surface area (TPSA) is 59.9 Å². The van der Waals surface area contributed by atoms with Crippen molar-refractivity contribution in [3.05, 3.63) is 82.4 Å². The minimum atomic E-state index is -0.292. The number of nitrogens with zero attached hydrogens (tertiary/aromatic N) is 1. The first kappa shape index (κ1) is 21.4. The highest BCUT2D eigenvalue weighted by Gasteiger charge is 2.14. The number of rotatable bonds is 7. The molecular weight excluding hydrogens is 400 g/mol. The van der Waals surface area contributed by atoms with E-state index in [-0.39, 0.29) is 12.5 Å². The van der Waals surface area contributed by atoms with Gasteiger partial charge < -0.3 is 14.8 Å². The average Bonchev–Trinajstić information content (AvgIpc) is 2.72. The van der Waals surface area contributed by atoms with Crippen LogP contribution < -0.4 is 14.8 Å². The van der Waals surface area contributed by atoms with E-state index in [0.717, 1.165) is 16.8 Å². The average molecular weight is 423 g/mol. The molecule has 3 aromatic carbocycles. The number of aryl methyl sites for hydroxylation is 2. The van der Waals surface area contributed by atoms with Gasteiger partial charge in [-0.2, -0.15) is 0 Å². The number of carbonyl (C=O) groups excluding carboxylic acids is 1. The van der Waals surface area contributed by atoms with Crippen LogP contribution in [0.4, 0.5) is 11.4 Å². The molecule has 0 bridgehead atoms. The third-order valence-corrected chi connectivity index (χ3v) is 4.64. The van der Waals surface area contributed by atoms with Gasteiger partial charge in [0, 0.05) is 11.9 Å². The first-order chi connectivity index (χ1) is 14.5. The van der Waals surface area contributed by atoms with Crippen molar-refractivity contribution in [3.8, 4) is 11.5 Å². The Morgan fingerprint density at radius 1 is 1.10 bits per heavy atom. The maximum Gasteiger partial charge on any atom is 0.262 e. The maximum atomic E-state index is 12.1. The summed E-state index contributed by atoms with van der Waals surface area (Å²) >= 11 is 6.39. The summed E-state index contributed by atoms with van der Waals surface area (Å²) in [5.41, 5.74) is 4.62. The van der Waals surface area contributed by atoms with Crippen molar-refractivity contribution in [1.29, 1.82) is 0 Å². The minimum Gasteiger partial charge on any atom is -0.493 e. The summed E-state index contributed by atoms with van der Waals surface area (Å²) in [6.07, 6.45) is 1.72. The zero-order chi connectivity index (χ0) is 21.5. The molecule has 0 atom stereocenters. The van der Waals surface area contributed by atoms with Crippen molar-refractivity contribution in [2.45, 2.75) is 13.8 Å². The highest BCUT2D eigenvalue weighted by atomic mass is 35.5. The van der Waals surface area contributed by atoms with E-state index >= 15 is 0 Å². The second kappa shape index (κ2) is 9.94. The normalized spacial score (nSPS) is 10.8. The highest BCUT2D eigenvalue weighted by Crippen LogP contribution is 2.36. The molecule has 0 heterocycles. The van der Waals surface area contributed by atoms with E-state index in [4.69, 9.17) is 21.1 Å². The lowest BCUT2D eigenvalue weighted by molar-refractivity contribution is -0.118. The molecular formula is C24H23ClN2O3. The predicted octanol–water partition coefficient (Wildman–Crippen LogP) is 5.73. The van der Waals surface area contributed by atoms with E-state index in [9.17, 15) is 4.79 Å². The Morgan fingerprint density at radius 2 is 1.87 bits per heavy atom. The second-order valence-electron chi connectivity index (χ2n) is 6.79. The summed E-state index contributed by atoms with van der Waals surface area (Å²) in [6, 6.07) is 18.7. The van der Waals surface area contributed by atoms with Gasteiger partial charge in [0.1, 0.15) is 0 Å². The number of para-hydroxylation sites is 1. The number of aliphatic imine (C=N–C) groups is 1. The van der Waals surface area contributed by atoms with Gasteiger partial charge in [-0.3, -0.25) is 9.79 Å². The number of ether oxygens (including phenoxy) is 2. The fourth-order valence-corrected chi connectivity index (χ4v) is 3.18. The largest absolute Gasteiger partial charge is 0.493 e. The molecule has 30 heavy (non-hydrogen) atoms. The van der Waals surface area contributed by atoms with Crippen LogP contribution in [-0.4, -0.2) is 25.8 Å². The molecule has 3 rings (SSSR count). The van der Waals surface area contributed by atoms with E-state index in [1.54, 1.807) is 30.5 Å². The van der Waals surface area contributed by atoms with Gasteiger partial charge in [0.15, 0.2) is 18.1 Å². The van der Waals surface area contributed by atoms with Crippen molar-refractivity contribution in [2.75, 3.05) is 19.0 Å². The SMILES string of the molecule is COc1cc(C=Nc2ccc(C)cc2C)cc(Cl)c1OCC(=O)Nc1ccccc1. The van der Waals surface area contributed by atoms with Crippen LogP contribution in [0.25, 0.3) is 0 Å². The standard InChI is InChI=1S/C24H23ClN2O3/c1-16-9-10-21(17(2)11-16)26-14-18-12-20(25)24(22(13-18)29-3)30-15-23(28)27-19-7-5-4-6-8-19/h4-14H,15H2,1-3H3,(H,27,28). The van der Waals surface area contributed by atoms with Crippen LogP contribution in [0.3, 0.4) is 0 Å². The van der Waals surface area contributed by atoms with E-state index in [0.29, 0.717) is 22.2 Å². The van der Waals surface area contributed by atoms with Gasteiger partial charge in [0.05, 0.1) is 17.8 Å². The lowest BCUT2D eigenvalue weighted by Crippen LogP contribution is -2.20. The fraction of sp³-hybridized carbons (Fsp3) is 0.167. The van der Waals surface area contributed by atoms with Gasteiger partial charge in [0.25, 0.3) is 5.91 Å². The molecule has 0 aliphatic heterocycles. The number of nitrogens with one attached hydrogen (secondary N) is 1. The molecule has 5 nitrogen and oxygen atoms in total. The predicted molar refractivity (Wildman–Crippen MR) is 122 cm³/mol. The molecule has 0 saturated carbocycles. The Balaban J connectivity index is 1.72. The van der Waals surface area contributed by atoms with Crippen LogP contribution in [0.2, 0.25) is 5.02 Å². The summed E-state index contributed by atoms with van der Waals surface area (Å²) in [6.45, 7) is 3.87. The van der Waals surface area contributed by atoms with Crippen LogP contribution in [0.5, 0.6) is 11.5 Å². The number of benzene rings is 3. The number of anilines is 1. The number of amides is 1. The van der Waals surface area contributed by atoms with Crippen molar-refractivity contribution < 1.29 is 14.3 Å². The van der Waals surface area contributed by atoms with Crippen molar-refractivity contribution in [2.24, 2.45) is 4.99 Å². The van der Waals surface area contributed by atoms with Crippen molar-refractivity contribution in [1.82, 2.24) is 0 Å². The number of hydrogen-bond donors (Lipinski definition) is 1. The van der Waals surface area contributed by atoms with Gasteiger partial charge >= 0.3 is 0 Å². The van der Waals surface area contributed by atoms with Crippen molar-refractivity contribution >= 4 is 35.1 Å². The monoisotopic (exact) mass is 422 g/mol. The Labute approximate surface area is 181 Å². The summed E-state index contributed by atoms with van der Waals surface area (Å²) in [5.74, 6) is 0.447. The number of halogens is 1. The van der Waals surface area contributed by atoms with Gasteiger partial charge in [-0.25, -0.2) is 0 Å². The summed E-state index contributed by atoms with van der Waals surface area (Å²) in [5, 5.41) is 3.10. The summed E-state index contributed by atoms with van der Waals surface area (Å²) in [7, 11) is 1.52. The Morgan fingerprint density at radius 3 is 2.57 bits per heavy atom. The molecule has 0 aromatic heterocycles. The molecule has 1 amide bonds. The van der Waals surface area contributed by atoms with E-state index < -0.39 is 0 Å². The first-order valence-corrected chi connectivity index (χ1v) is 9.80. The van der Waals surface area contributed by atoms with Crippen LogP contribution in [-0.2, 0) is 4.79 Å². The van der Waals surface area contributed by atoms with E-state index in [2.05, 4.69) is 16.4 Å². The van der Waals surface area contributed by atoms with Gasteiger partial charge in [-0.1, -0.05) is 47.5 Å². The van der Waals surface area contributed by atoms with Crippen molar-refractivity contribution in [3.63, 3.8) is 0 Å². The number of methoxy groups -OCH3 is 1. The fourth-order valence-electron chi connectivity index (χ4n) is 2.90. The summed E-state index contributed by atoms with van der Waals surface area (Å²) < 4.78 is 11.0. The van der Waals surface area contributed by atoms with Crippen LogP contribution in [0.1, 0.15) is 16.7 Å². The molecule has 0 aliphatic rings. The molecule has 0 unspecified atom stereocenters. The molecule has 0 saturated heterocycles. The molecule has 1 N–H and O–H groups in total. The first-order valence-electron chi connectivity index (χ1n) is 9.43. The number of hydrogen-bond acceptors (Lipinski definition) is 4. The number of carbonyl (C=O) groups is 1. The smallest absolute Gasteiger partial charge is 0.262 e. The summed E-state index contributed by atoms with van der Waals surface area (Å²) in [4.78, 5) is 16.7. The lowest BCUT2D eigenvalue weighted by Gasteiger charge is -2.13. The van der Waals surface area contributed by atoms with E-state index in [1.165, 1.54) is 12.7 Å². The zero-order valence-corrected chi connectivity index (χ0v) is 17.9. The Hall–Kier alpha value is -3.31. The van der Waals surface area contributed by atoms with Crippen LogP contribution >= 0.6 is 11.6 Å². The molecule has 154 valence electrons. The molecule has 0 aliphatic carbocycles. The van der Waals surface area contributed by atoms with E-state index in [1.807, 2.05) is 44.2 Å². The Kier molecular flexibility index (Phi) is 7.09. The zero-order valence-electron chi connectivity index (χ0n) is 17.1. The third kappa shape index (κ3) is 5.61. The quantitative estimate of drug-likeness (QED) is 0.494. The van der Waals surface area contributed by atoms with Gasteiger partial charge in [-0.15, -0.1) is 0 Å².